The third kappa shape index (κ3) is 8.09. The zero-order valence-electron chi connectivity index (χ0n) is 24.4. The summed E-state index contributed by atoms with van der Waals surface area (Å²) in [6, 6.07) is -1.73. The third-order valence-electron chi connectivity index (χ3n) is 6.20. The van der Waals surface area contributed by atoms with Crippen molar-refractivity contribution in [2.75, 3.05) is 14.1 Å². The average Bonchev–Trinajstić information content (AvgIpc) is 3.46. The van der Waals surface area contributed by atoms with E-state index < -0.39 is 81.9 Å². The first-order valence-electron chi connectivity index (χ1n) is 12.6. The number of carbonyl (C=O) groups excluding carboxylic acids is 4. The molecule has 17 heteroatoms. The first-order chi connectivity index (χ1) is 19.5. The lowest BCUT2D eigenvalue weighted by molar-refractivity contribution is -0.165. The standard InChI is InChI=1S/C26H32F6N4O7/c1-11-9-13(17(41-11)25(27,28)29)19(37)35-15(21(39)33-7)23(3,4)43-24(5,6)16(22(40)34-8)36-20(38)14-10-12(2)42-18(14)26(30,31)32/h9-10,15-16H,1-8H3,(H,33,39)(H,34,40)(H,35,37)(H,36,38). The Kier molecular flexibility index (Phi) is 10.1. The van der Waals surface area contributed by atoms with E-state index in [2.05, 4.69) is 30.1 Å². The Hall–Kier alpha value is -4.02. The molecule has 0 saturated carbocycles. The molecule has 0 aliphatic rings. The van der Waals surface area contributed by atoms with Gasteiger partial charge in [0.2, 0.25) is 23.3 Å². The smallest absolute Gasteiger partial charge is 0.450 e. The molecule has 2 rings (SSSR count). The average molecular weight is 627 g/mol. The monoisotopic (exact) mass is 626 g/mol. The fourth-order valence-corrected chi connectivity index (χ4v) is 4.40. The zero-order valence-corrected chi connectivity index (χ0v) is 24.4. The van der Waals surface area contributed by atoms with Crippen molar-refractivity contribution in [3.8, 4) is 0 Å². The maximum absolute atomic E-state index is 13.4. The minimum atomic E-state index is -5.03. The summed E-state index contributed by atoms with van der Waals surface area (Å²) in [7, 11) is 2.37. The van der Waals surface area contributed by atoms with Crippen LogP contribution < -0.4 is 21.3 Å². The molecule has 2 unspecified atom stereocenters. The number of rotatable bonds is 10. The quantitative estimate of drug-likeness (QED) is 0.295. The molecule has 43 heavy (non-hydrogen) atoms. The van der Waals surface area contributed by atoms with Crippen LogP contribution in [0.1, 0.15) is 71.5 Å². The normalized spacial score (nSPS) is 14.1. The van der Waals surface area contributed by atoms with Crippen LogP contribution >= 0.6 is 0 Å². The van der Waals surface area contributed by atoms with Crippen molar-refractivity contribution < 1.29 is 59.1 Å². The number of alkyl halides is 6. The Balaban J connectivity index is 2.45. The molecule has 0 radical (unpaired) electrons. The summed E-state index contributed by atoms with van der Waals surface area (Å²) in [6.45, 7) is 7.45. The van der Waals surface area contributed by atoms with E-state index in [1.165, 1.54) is 55.6 Å². The van der Waals surface area contributed by atoms with Crippen LogP contribution in [0.25, 0.3) is 0 Å². The molecule has 0 fully saturated rings. The number of hydrogen-bond acceptors (Lipinski definition) is 7. The summed E-state index contributed by atoms with van der Waals surface area (Å²) in [5, 5.41) is 8.89. The van der Waals surface area contributed by atoms with E-state index >= 15 is 0 Å². The Morgan fingerprint density at radius 3 is 1.23 bits per heavy atom. The first kappa shape index (κ1) is 35.2. The molecule has 2 heterocycles. The summed E-state index contributed by atoms with van der Waals surface area (Å²) in [6.07, 6.45) is -10.1. The number of halogens is 6. The van der Waals surface area contributed by atoms with E-state index in [9.17, 15) is 45.5 Å². The highest BCUT2D eigenvalue weighted by molar-refractivity contribution is 6.00. The Morgan fingerprint density at radius 1 is 0.674 bits per heavy atom. The molecule has 2 aromatic rings. The molecule has 4 N–H and O–H groups in total. The molecular weight excluding hydrogens is 594 g/mol. The predicted molar refractivity (Wildman–Crippen MR) is 137 cm³/mol. The Labute approximate surface area is 242 Å². The molecule has 2 aromatic heterocycles. The Bertz CT molecular complexity index is 1270. The van der Waals surface area contributed by atoms with Gasteiger partial charge in [0.15, 0.2) is 0 Å². The second-order valence-electron chi connectivity index (χ2n) is 10.5. The van der Waals surface area contributed by atoms with Crippen LogP contribution in [0, 0.1) is 13.8 Å². The van der Waals surface area contributed by atoms with Gasteiger partial charge in [-0.1, -0.05) is 0 Å². The summed E-state index contributed by atoms with van der Waals surface area (Å²) in [4.78, 5) is 51.6. The third-order valence-corrected chi connectivity index (χ3v) is 6.20. The number of likely N-dealkylation sites (N-methyl/N-ethyl adjacent to an activating group) is 2. The largest absolute Gasteiger partial charge is 0.456 e. The van der Waals surface area contributed by atoms with Crippen molar-refractivity contribution in [2.24, 2.45) is 0 Å². The SMILES string of the molecule is CNC(=O)C(NC(=O)c1cc(C)oc1C(F)(F)F)C(C)(C)OC(C)(C)C(NC(=O)c1cc(C)oc1C(F)(F)F)C(=O)NC. The highest BCUT2D eigenvalue weighted by Crippen LogP contribution is 2.36. The van der Waals surface area contributed by atoms with Crippen LogP contribution in [0.2, 0.25) is 0 Å². The van der Waals surface area contributed by atoms with Gasteiger partial charge < -0.3 is 34.8 Å². The van der Waals surface area contributed by atoms with Crippen LogP contribution in [0.15, 0.2) is 21.0 Å². The fourth-order valence-electron chi connectivity index (χ4n) is 4.40. The van der Waals surface area contributed by atoms with Crippen LogP contribution in [-0.2, 0) is 26.7 Å². The Morgan fingerprint density at radius 2 is 0.977 bits per heavy atom. The van der Waals surface area contributed by atoms with Crippen LogP contribution in [0.3, 0.4) is 0 Å². The second-order valence-corrected chi connectivity index (χ2v) is 10.5. The molecule has 0 saturated heterocycles. The van der Waals surface area contributed by atoms with Gasteiger partial charge in [-0.3, -0.25) is 19.2 Å². The van der Waals surface area contributed by atoms with Crippen molar-refractivity contribution in [2.45, 2.75) is 77.2 Å². The number of amides is 4. The topological polar surface area (TPSA) is 152 Å². The number of aryl methyl sites for hydroxylation is 2. The van der Waals surface area contributed by atoms with Crippen LogP contribution in [0.5, 0.6) is 0 Å². The van der Waals surface area contributed by atoms with Crippen molar-refractivity contribution in [3.63, 3.8) is 0 Å². The molecular formula is C26H32F6N4O7. The van der Waals surface area contributed by atoms with E-state index in [4.69, 9.17) is 4.74 Å². The lowest BCUT2D eigenvalue weighted by Crippen LogP contribution is -2.65. The summed E-state index contributed by atoms with van der Waals surface area (Å²) in [5.74, 6) is -8.12. The molecule has 11 nitrogen and oxygen atoms in total. The van der Waals surface area contributed by atoms with Crippen LogP contribution in [0.4, 0.5) is 26.3 Å². The van der Waals surface area contributed by atoms with Gasteiger partial charge in [0.1, 0.15) is 23.6 Å². The highest BCUT2D eigenvalue weighted by Gasteiger charge is 2.48. The maximum atomic E-state index is 13.4. The van der Waals surface area contributed by atoms with Gasteiger partial charge in [-0.05, 0) is 53.7 Å². The minimum Gasteiger partial charge on any atom is -0.456 e. The molecule has 0 aliphatic heterocycles. The molecule has 0 aliphatic carbocycles. The van der Waals surface area contributed by atoms with Crippen molar-refractivity contribution in [1.82, 2.24) is 21.3 Å². The van der Waals surface area contributed by atoms with Crippen molar-refractivity contribution in [3.05, 3.63) is 46.3 Å². The van der Waals surface area contributed by atoms with Gasteiger partial charge in [0.25, 0.3) is 11.8 Å². The van der Waals surface area contributed by atoms with Gasteiger partial charge >= 0.3 is 12.4 Å². The molecule has 0 bridgehead atoms. The molecule has 0 spiro atoms. The second kappa shape index (κ2) is 12.3. The van der Waals surface area contributed by atoms with E-state index in [0.717, 1.165) is 12.1 Å². The zero-order chi connectivity index (χ0) is 33.3. The summed E-state index contributed by atoms with van der Waals surface area (Å²) < 4.78 is 95.9. The molecule has 240 valence electrons. The van der Waals surface area contributed by atoms with E-state index in [1.54, 1.807) is 0 Å². The summed E-state index contributed by atoms with van der Waals surface area (Å²) in [5.41, 5.74) is -5.45. The van der Waals surface area contributed by atoms with Crippen LogP contribution in [-0.4, -0.2) is 61.0 Å². The lowest BCUT2D eigenvalue weighted by atomic mass is 9.91. The van der Waals surface area contributed by atoms with Gasteiger partial charge in [0.05, 0.1) is 22.3 Å². The number of carbonyl (C=O) groups is 4. The van der Waals surface area contributed by atoms with Gasteiger partial charge in [0, 0.05) is 14.1 Å². The lowest BCUT2D eigenvalue weighted by Gasteiger charge is -2.43. The first-order valence-corrected chi connectivity index (χ1v) is 12.6. The fraction of sp³-hybridized carbons (Fsp3) is 0.538. The van der Waals surface area contributed by atoms with Gasteiger partial charge in [-0.15, -0.1) is 0 Å². The highest BCUT2D eigenvalue weighted by atomic mass is 19.4. The number of ether oxygens (including phenoxy) is 1. The van der Waals surface area contributed by atoms with E-state index in [1.807, 2.05) is 0 Å². The predicted octanol–water partition coefficient (Wildman–Crippen LogP) is 3.49. The van der Waals surface area contributed by atoms with Gasteiger partial charge in [-0.25, -0.2) is 0 Å². The molecule has 2 atom stereocenters. The summed E-state index contributed by atoms with van der Waals surface area (Å²) >= 11 is 0. The van der Waals surface area contributed by atoms with Crippen molar-refractivity contribution in [1.29, 1.82) is 0 Å². The molecule has 4 amide bonds. The minimum absolute atomic E-state index is 0.226. The number of hydrogen-bond donors (Lipinski definition) is 4. The van der Waals surface area contributed by atoms with Crippen molar-refractivity contribution >= 4 is 23.6 Å². The molecule has 0 aromatic carbocycles. The van der Waals surface area contributed by atoms with E-state index in [-0.39, 0.29) is 11.5 Å². The van der Waals surface area contributed by atoms with Gasteiger partial charge in [-0.2, -0.15) is 26.3 Å². The maximum Gasteiger partial charge on any atom is 0.450 e. The number of nitrogens with one attached hydrogen (secondary N) is 4. The number of furan rings is 2. The van der Waals surface area contributed by atoms with E-state index in [0.29, 0.717) is 0 Å².